The maximum absolute atomic E-state index is 12.6. The van der Waals surface area contributed by atoms with Crippen LogP contribution in [0, 0.1) is 20.8 Å². The maximum atomic E-state index is 12.6. The van der Waals surface area contributed by atoms with Gasteiger partial charge in [0.15, 0.2) is 5.65 Å². The lowest BCUT2D eigenvalue weighted by Gasteiger charge is -2.15. The van der Waals surface area contributed by atoms with Crippen molar-refractivity contribution in [2.45, 2.75) is 25.7 Å². The van der Waals surface area contributed by atoms with Gasteiger partial charge in [-0.3, -0.25) is 4.72 Å². The molecule has 1 N–H and O–H groups in total. The molecule has 0 spiro atoms. The van der Waals surface area contributed by atoms with E-state index in [2.05, 4.69) is 14.8 Å². The normalized spacial score (nSPS) is 11.9. The Kier molecular flexibility index (Phi) is 3.75. The fourth-order valence-corrected chi connectivity index (χ4v) is 3.74. The topological polar surface area (TPSA) is 92.7 Å². The van der Waals surface area contributed by atoms with Crippen LogP contribution in [0.15, 0.2) is 27.5 Å². The van der Waals surface area contributed by atoms with Crippen molar-refractivity contribution in [1.29, 1.82) is 0 Å². The first kappa shape index (κ1) is 16.3. The van der Waals surface area contributed by atoms with E-state index in [1.54, 1.807) is 30.5 Å². The highest BCUT2D eigenvalue weighted by atomic mass is 32.2. The Morgan fingerprint density at radius 1 is 1.17 bits per heavy atom. The van der Waals surface area contributed by atoms with E-state index in [4.69, 9.17) is 4.42 Å². The third kappa shape index (κ3) is 2.82. The molecular weight excluding hydrogens is 330 g/mol. The van der Waals surface area contributed by atoms with Crippen LogP contribution in [0.1, 0.15) is 17.2 Å². The Morgan fingerprint density at radius 2 is 1.88 bits per heavy atom. The van der Waals surface area contributed by atoms with Crippen LogP contribution < -0.4 is 9.62 Å². The summed E-state index contributed by atoms with van der Waals surface area (Å²) in [7, 11) is -0.0723. The van der Waals surface area contributed by atoms with Gasteiger partial charge in [0.1, 0.15) is 28.1 Å². The average Bonchev–Trinajstić information content (AvgIpc) is 2.98. The molecule has 0 radical (unpaired) electrons. The van der Waals surface area contributed by atoms with Gasteiger partial charge in [0, 0.05) is 32.3 Å². The monoisotopic (exact) mass is 349 g/mol. The molecule has 0 bridgehead atoms. The Balaban J connectivity index is 2.08. The van der Waals surface area contributed by atoms with Crippen molar-refractivity contribution in [2.24, 2.45) is 0 Å². The summed E-state index contributed by atoms with van der Waals surface area (Å²) in [6, 6.07) is 4.92. The van der Waals surface area contributed by atoms with Crippen LogP contribution in [-0.4, -0.2) is 37.1 Å². The third-order valence-electron chi connectivity index (χ3n) is 3.51. The van der Waals surface area contributed by atoms with Gasteiger partial charge < -0.3 is 9.32 Å². The van der Waals surface area contributed by atoms with E-state index in [9.17, 15) is 8.42 Å². The average molecular weight is 349 g/mol. The highest BCUT2D eigenvalue weighted by molar-refractivity contribution is 7.92. The van der Waals surface area contributed by atoms with Crippen molar-refractivity contribution >= 4 is 27.3 Å². The molecule has 0 saturated heterocycles. The molecule has 0 aliphatic carbocycles. The molecule has 3 aromatic rings. The van der Waals surface area contributed by atoms with Crippen molar-refractivity contribution in [3.63, 3.8) is 0 Å². The zero-order chi connectivity index (χ0) is 17.6. The maximum Gasteiger partial charge on any atom is 0.266 e. The Bertz CT molecular complexity index is 1020. The number of nitrogens with one attached hydrogen (secondary N) is 1. The number of sulfonamides is 1. The number of rotatable bonds is 4. The molecule has 24 heavy (non-hydrogen) atoms. The number of fused-ring (bicyclic) bond motifs is 1. The minimum atomic E-state index is -3.78. The summed E-state index contributed by atoms with van der Waals surface area (Å²) in [5.74, 6) is 1.82. The van der Waals surface area contributed by atoms with Crippen LogP contribution in [0.5, 0.6) is 0 Å². The second-order valence-electron chi connectivity index (χ2n) is 5.83. The summed E-state index contributed by atoms with van der Waals surface area (Å²) in [5.41, 5.74) is 1.36. The molecule has 0 amide bonds. The Hall–Kier alpha value is -2.55. The third-order valence-corrected chi connectivity index (χ3v) is 4.97. The van der Waals surface area contributed by atoms with Crippen molar-refractivity contribution < 1.29 is 12.8 Å². The van der Waals surface area contributed by atoms with Gasteiger partial charge in [-0.15, -0.1) is 0 Å². The first-order chi connectivity index (χ1) is 11.2. The van der Waals surface area contributed by atoms with Gasteiger partial charge in [0.2, 0.25) is 0 Å². The molecule has 8 nitrogen and oxygen atoms in total. The number of anilines is 2. The van der Waals surface area contributed by atoms with Crippen molar-refractivity contribution in [3.05, 3.63) is 35.4 Å². The molecule has 0 aliphatic rings. The van der Waals surface area contributed by atoms with E-state index >= 15 is 0 Å². The fraction of sp³-hybridized carbons (Fsp3) is 0.333. The number of furan rings is 1. The summed E-state index contributed by atoms with van der Waals surface area (Å²) < 4.78 is 34.7. The van der Waals surface area contributed by atoms with Crippen LogP contribution >= 0.6 is 0 Å². The number of aryl methyl sites for hydroxylation is 3. The molecule has 0 aromatic carbocycles. The minimum Gasteiger partial charge on any atom is -0.465 e. The van der Waals surface area contributed by atoms with Crippen LogP contribution in [0.25, 0.3) is 5.65 Å². The zero-order valence-electron chi connectivity index (χ0n) is 14.2. The van der Waals surface area contributed by atoms with E-state index in [0.717, 1.165) is 5.69 Å². The van der Waals surface area contributed by atoms with Crippen LogP contribution in [0.3, 0.4) is 0 Å². The smallest absolute Gasteiger partial charge is 0.266 e. The van der Waals surface area contributed by atoms with Gasteiger partial charge in [-0.05, 0) is 20.8 Å². The number of nitrogens with zero attached hydrogens (tertiary/aromatic N) is 4. The molecule has 0 aliphatic heterocycles. The predicted molar refractivity (Wildman–Crippen MR) is 91.0 cm³/mol. The lowest BCUT2D eigenvalue weighted by molar-refractivity contribution is 0.496. The number of hydrogen-bond acceptors (Lipinski definition) is 6. The minimum absolute atomic E-state index is 0.109. The fourth-order valence-electron chi connectivity index (χ4n) is 2.51. The van der Waals surface area contributed by atoms with Gasteiger partial charge in [-0.2, -0.15) is 9.61 Å². The van der Waals surface area contributed by atoms with Crippen LogP contribution in [0.2, 0.25) is 0 Å². The molecule has 0 fully saturated rings. The van der Waals surface area contributed by atoms with Gasteiger partial charge in [-0.25, -0.2) is 13.4 Å². The molecule has 3 heterocycles. The van der Waals surface area contributed by atoms with E-state index in [1.165, 1.54) is 6.07 Å². The summed E-state index contributed by atoms with van der Waals surface area (Å²) in [6.45, 7) is 5.18. The summed E-state index contributed by atoms with van der Waals surface area (Å²) in [5, 5.41) is 4.37. The Labute approximate surface area is 140 Å². The molecule has 3 aromatic heterocycles. The lowest BCUT2D eigenvalue weighted by atomic mass is 10.4. The van der Waals surface area contributed by atoms with E-state index < -0.39 is 10.0 Å². The second-order valence-corrected chi connectivity index (χ2v) is 7.48. The Morgan fingerprint density at radius 3 is 2.46 bits per heavy atom. The number of aromatic nitrogens is 3. The summed E-state index contributed by atoms with van der Waals surface area (Å²) in [4.78, 5) is 6.29. The molecule has 9 heteroatoms. The summed E-state index contributed by atoms with van der Waals surface area (Å²) in [6.07, 6.45) is 0. The standard InChI is InChI=1S/C15H19N5O3S/c1-9-6-14-16-13(8-15(19(4)5)20(14)17-9)18-24(21,22)12-7-10(2)23-11(12)3/h6-8H,1-5H3,(H,16,18). The van der Waals surface area contributed by atoms with Gasteiger partial charge >= 0.3 is 0 Å². The highest BCUT2D eigenvalue weighted by Crippen LogP contribution is 2.24. The van der Waals surface area contributed by atoms with Gasteiger partial charge in [-0.1, -0.05) is 0 Å². The first-order valence-electron chi connectivity index (χ1n) is 7.32. The predicted octanol–water partition coefficient (Wildman–Crippen LogP) is 2.11. The summed E-state index contributed by atoms with van der Waals surface area (Å²) >= 11 is 0. The van der Waals surface area contributed by atoms with Crippen molar-refractivity contribution in [2.75, 3.05) is 23.7 Å². The largest absolute Gasteiger partial charge is 0.465 e. The molecule has 3 rings (SSSR count). The first-order valence-corrected chi connectivity index (χ1v) is 8.80. The zero-order valence-corrected chi connectivity index (χ0v) is 15.0. The second kappa shape index (κ2) is 5.52. The lowest BCUT2D eigenvalue weighted by Crippen LogP contribution is -2.18. The van der Waals surface area contributed by atoms with Crippen LogP contribution in [-0.2, 0) is 10.0 Å². The molecule has 0 atom stereocenters. The molecular formula is C15H19N5O3S. The van der Waals surface area contributed by atoms with Crippen LogP contribution in [0.4, 0.5) is 11.6 Å². The molecule has 0 saturated carbocycles. The number of hydrogen-bond donors (Lipinski definition) is 1. The SMILES string of the molecule is Cc1cc2nc(NS(=O)(=O)c3cc(C)oc3C)cc(N(C)C)n2n1. The van der Waals surface area contributed by atoms with Crippen molar-refractivity contribution in [3.8, 4) is 0 Å². The molecule has 128 valence electrons. The van der Waals surface area contributed by atoms with E-state index in [0.29, 0.717) is 23.0 Å². The van der Waals surface area contributed by atoms with Gasteiger partial charge in [0.05, 0.1) is 5.69 Å². The van der Waals surface area contributed by atoms with E-state index in [1.807, 2.05) is 25.9 Å². The molecule has 0 unspecified atom stereocenters. The van der Waals surface area contributed by atoms with Gasteiger partial charge in [0.25, 0.3) is 10.0 Å². The van der Waals surface area contributed by atoms with Crippen molar-refractivity contribution in [1.82, 2.24) is 14.6 Å². The quantitative estimate of drug-likeness (QED) is 0.775. The van der Waals surface area contributed by atoms with E-state index in [-0.39, 0.29) is 10.7 Å². The highest BCUT2D eigenvalue weighted by Gasteiger charge is 2.22.